The molecule has 21 heavy (non-hydrogen) atoms. The molecule has 0 unspecified atom stereocenters. The number of carbonyl (C=O) groups is 1. The fourth-order valence-corrected chi connectivity index (χ4v) is 2.17. The van der Waals surface area contributed by atoms with Gasteiger partial charge in [-0.2, -0.15) is 0 Å². The third kappa shape index (κ3) is 2.71. The van der Waals surface area contributed by atoms with E-state index >= 15 is 0 Å². The maximum Gasteiger partial charge on any atom is 0.360 e. The number of hydrogen-bond donors (Lipinski definition) is 1. The SMILES string of the molecule is CCOC(=O)c1nc(CC)n(-c2cccc(Cl)c2F)c1N. The summed E-state index contributed by atoms with van der Waals surface area (Å²) in [5.74, 6) is -0.762. The second kappa shape index (κ2) is 6.13. The molecule has 0 aliphatic heterocycles. The number of nitrogens with zero attached hydrogens (tertiary/aromatic N) is 2. The first-order chi connectivity index (χ1) is 10.0. The van der Waals surface area contributed by atoms with Gasteiger partial charge < -0.3 is 10.5 Å². The zero-order valence-electron chi connectivity index (χ0n) is 11.7. The van der Waals surface area contributed by atoms with Gasteiger partial charge in [0.15, 0.2) is 11.5 Å². The summed E-state index contributed by atoms with van der Waals surface area (Å²) in [5, 5.41) is -0.0275. The topological polar surface area (TPSA) is 70.1 Å². The maximum atomic E-state index is 14.2. The lowest BCUT2D eigenvalue weighted by Crippen LogP contribution is -2.10. The summed E-state index contributed by atoms with van der Waals surface area (Å²) in [6.45, 7) is 3.72. The average molecular weight is 312 g/mol. The van der Waals surface area contributed by atoms with Crippen molar-refractivity contribution in [2.75, 3.05) is 12.3 Å². The highest BCUT2D eigenvalue weighted by Gasteiger charge is 2.23. The quantitative estimate of drug-likeness (QED) is 0.881. The Kier molecular flexibility index (Phi) is 4.47. The lowest BCUT2D eigenvalue weighted by Gasteiger charge is -2.10. The molecule has 0 spiro atoms. The van der Waals surface area contributed by atoms with Crippen LogP contribution in [0.2, 0.25) is 5.02 Å². The van der Waals surface area contributed by atoms with Crippen molar-refractivity contribution in [1.82, 2.24) is 9.55 Å². The van der Waals surface area contributed by atoms with Gasteiger partial charge in [-0.15, -0.1) is 0 Å². The third-order valence-corrected chi connectivity index (χ3v) is 3.23. The van der Waals surface area contributed by atoms with Crippen LogP contribution in [0.5, 0.6) is 0 Å². The molecule has 2 aromatic rings. The molecule has 0 aliphatic rings. The Morgan fingerprint density at radius 3 is 2.81 bits per heavy atom. The number of anilines is 1. The first-order valence-electron chi connectivity index (χ1n) is 6.49. The number of aromatic nitrogens is 2. The Balaban J connectivity index is 2.63. The molecule has 0 saturated heterocycles. The molecule has 0 fully saturated rings. The molecule has 0 bridgehead atoms. The van der Waals surface area contributed by atoms with Gasteiger partial charge in [0, 0.05) is 6.42 Å². The van der Waals surface area contributed by atoms with Gasteiger partial charge in [-0.1, -0.05) is 24.6 Å². The van der Waals surface area contributed by atoms with Crippen LogP contribution in [0.3, 0.4) is 0 Å². The van der Waals surface area contributed by atoms with E-state index in [1.807, 2.05) is 6.92 Å². The average Bonchev–Trinajstić information content (AvgIpc) is 2.79. The highest BCUT2D eigenvalue weighted by molar-refractivity contribution is 6.30. The van der Waals surface area contributed by atoms with Crippen molar-refractivity contribution < 1.29 is 13.9 Å². The normalized spacial score (nSPS) is 10.7. The maximum absolute atomic E-state index is 14.2. The second-order valence-corrected chi connectivity index (χ2v) is 4.65. The molecule has 7 heteroatoms. The molecule has 0 saturated carbocycles. The van der Waals surface area contributed by atoms with Gasteiger partial charge in [0.05, 0.1) is 17.3 Å². The molecular weight excluding hydrogens is 297 g/mol. The van der Waals surface area contributed by atoms with Crippen molar-refractivity contribution in [3.05, 3.63) is 40.6 Å². The molecule has 2 rings (SSSR count). The van der Waals surface area contributed by atoms with E-state index in [-0.39, 0.29) is 28.8 Å². The summed E-state index contributed by atoms with van der Waals surface area (Å²) in [7, 11) is 0. The first-order valence-corrected chi connectivity index (χ1v) is 6.87. The zero-order chi connectivity index (χ0) is 15.6. The molecule has 1 aromatic carbocycles. The molecule has 1 aromatic heterocycles. The second-order valence-electron chi connectivity index (χ2n) is 4.24. The highest BCUT2D eigenvalue weighted by Crippen LogP contribution is 2.27. The standard InChI is InChI=1S/C14H15ClFN3O2/c1-3-10-18-12(14(20)21-4-2)13(17)19(10)9-7-5-6-8(15)11(9)16/h5-7H,3-4,17H2,1-2H3. The number of ether oxygens (including phenoxy) is 1. The van der Waals surface area contributed by atoms with Gasteiger partial charge in [-0.25, -0.2) is 14.2 Å². The van der Waals surface area contributed by atoms with Crippen LogP contribution in [0.4, 0.5) is 10.2 Å². The Morgan fingerprint density at radius 1 is 1.48 bits per heavy atom. The van der Waals surface area contributed by atoms with Crippen LogP contribution in [-0.2, 0) is 11.2 Å². The van der Waals surface area contributed by atoms with Gasteiger partial charge in [-0.05, 0) is 19.1 Å². The number of halogens is 2. The fourth-order valence-electron chi connectivity index (χ4n) is 2.00. The van der Waals surface area contributed by atoms with E-state index in [0.717, 1.165) is 0 Å². The van der Waals surface area contributed by atoms with Crippen molar-refractivity contribution in [2.24, 2.45) is 0 Å². The number of carbonyl (C=O) groups excluding carboxylic acids is 1. The van der Waals surface area contributed by atoms with Gasteiger partial charge in [0.2, 0.25) is 0 Å². The number of rotatable bonds is 4. The van der Waals surface area contributed by atoms with Crippen molar-refractivity contribution in [2.45, 2.75) is 20.3 Å². The monoisotopic (exact) mass is 311 g/mol. The van der Waals surface area contributed by atoms with Gasteiger partial charge in [0.25, 0.3) is 0 Å². The minimum absolute atomic E-state index is 0.0203. The number of benzene rings is 1. The lowest BCUT2D eigenvalue weighted by molar-refractivity contribution is 0.0521. The molecule has 0 amide bonds. The van der Waals surface area contributed by atoms with Gasteiger partial charge in [0.1, 0.15) is 11.6 Å². The molecule has 0 atom stereocenters. The van der Waals surface area contributed by atoms with Gasteiger partial charge >= 0.3 is 5.97 Å². The molecule has 0 aliphatic carbocycles. The molecule has 5 nitrogen and oxygen atoms in total. The van der Waals surface area contributed by atoms with Gasteiger partial charge in [-0.3, -0.25) is 4.57 Å². The number of nitrogen functional groups attached to an aromatic ring is 1. The van der Waals surface area contributed by atoms with Crippen molar-refractivity contribution >= 4 is 23.4 Å². The van der Waals surface area contributed by atoms with Crippen LogP contribution in [0.25, 0.3) is 5.69 Å². The summed E-state index contributed by atoms with van der Waals surface area (Å²) in [6.07, 6.45) is 0.468. The summed E-state index contributed by atoms with van der Waals surface area (Å²) in [4.78, 5) is 16.0. The summed E-state index contributed by atoms with van der Waals surface area (Å²) < 4.78 is 20.5. The van der Waals surface area contributed by atoms with E-state index in [1.165, 1.54) is 16.7 Å². The van der Waals surface area contributed by atoms with E-state index in [1.54, 1.807) is 13.0 Å². The van der Waals surface area contributed by atoms with Crippen LogP contribution in [0, 0.1) is 5.82 Å². The minimum Gasteiger partial charge on any atom is -0.461 e. The predicted molar refractivity (Wildman–Crippen MR) is 78.3 cm³/mol. The zero-order valence-corrected chi connectivity index (χ0v) is 12.4. The Bertz CT molecular complexity index is 685. The van der Waals surface area contributed by atoms with E-state index in [0.29, 0.717) is 12.2 Å². The molecule has 1 heterocycles. The van der Waals surface area contributed by atoms with E-state index < -0.39 is 11.8 Å². The molecule has 0 radical (unpaired) electrons. The van der Waals surface area contributed by atoms with E-state index in [2.05, 4.69) is 4.98 Å². The summed E-state index contributed by atoms with van der Waals surface area (Å²) in [5.41, 5.74) is 6.08. The Hall–Kier alpha value is -2.08. The van der Waals surface area contributed by atoms with Crippen molar-refractivity contribution in [1.29, 1.82) is 0 Å². The smallest absolute Gasteiger partial charge is 0.360 e. The fraction of sp³-hybridized carbons (Fsp3) is 0.286. The number of imidazole rings is 1. The number of aryl methyl sites for hydroxylation is 1. The van der Waals surface area contributed by atoms with E-state index in [9.17, 15) is 9.18 Å². The van der Waals surface area contributed by atoms with E-state index in [4.69, 9.17) is 22.1 Å². The highest BCUT2D eigenvalue weighted by atomic mass is 35.5. The Morgan fingerprint density at radius 2 is 2.19 bits per heavy atom. The molecule has 112 valence electrons. The molecular formula is C14H15ClFN3O2. The number of nitrogens with two attached hydrogens (primary N) is 1. The number of hydrogen-bond acceptors (Lipinski definition) is 4. The minimum atomic E-state index is -0.633. The van der Waals surface area contributed by atoms with Crippen LogP contribution < -0.4 is 5.73 Å². The summed E-state index contributed by atoms with van der Waals surface area (Å²) >= 11 is 5.79. The largest absolute Gasteiger partial charge is 0.461 e. The first kappa shape index (κ1) is 15.3. The number of esters is 1. The lowest BCUT2D eigenvalue weighted by atomic mass is 10.3. The Labute approximate surface area is 126 Å². The summed E-state index contributed by atoms with van der Waals surface area (Å²) in [6, 6.07) is 4.56. The molecule has 2 N–H and O–H groups in total. The van der Waals surface area contributed by atoms with Crippen molar-refractivity contribution in [3.8, 4) is 5.69 Å². The van der Waals surface area contributed by atoms with Crippen LogP contribution >= 0.6 is 11.6 Å². The van der Waals surface area contributed by atoms with Crippen molar-refractivity contribution in [3.63, 3.8) is 0 Å². The van der Waals surface area contributed by atoms with Crippen LogP contribution in [0.1, 0.15) is 30.2 Å². The van der Waals surface area contributed by atoms with Crippen LogP contribution in [0.15, 0.2) is 18.2 Å². The van der Waals surface area contributed by atoms with Crippen LogP contribution in [-0.4, -0.2) is 22.1 Å². The predicted octanol–water partition coefficient (Wildman–Crippen LogP) is 2.99. The third-order valence-electron chi connectivity index (χ3n) is 2.94.